The molecule has 0 radical (unpaired) electrons. The zero-order chi connectivity index (χ0) is 13.5. The molecule has 0 unspecified atom stereocenters. The SMILES string of the molecule is Cc1ccc(CNC(=O)COC2CCNCC2)cc1. The van der Waals surface area contributed by atoms with Crippen LogP contribution < -0.4 is 10.6 Å². The van der Waals surface area contributed by atoms with Gasteiger partial charge in [0.15, 0.2) is 0 Å². The quantitative estimate of drug-likeness (QED) is 0.843. The van der Waals surface area contributed by atoms with Crippen LogP contribution in [0.4, 0.5) is 0 Å². The van der Waals surface area contributed by atoms with Gasteiger partial charge < -0.3 is 15.4 Å². The molecule has 1 aliphatic rings. The molecule has 104 valence electrons. The minimum atomic E-state index is -0.0425. The number of piperidine rings is 1. The van der Waals surface area contributed by atoms with Crippen LogP contribution in [0.1, 0.15) is 24.0 Å². The van der Waals surface area contributed by atoms with Crippen LogP contribution in [-0.2, 0) is 16.1 Å². The molecule has 0 bridgehead atoms. The van der Waals surface area contributed by atoms with E-state index in [1.807, 2.05) is 24.3 Å². The molecule has 1 amide bonds. The molecule has 1 heterocycles. The lowest BCUT2D eigenvalue weighted by molar-refractivity contribution is -0.128. The van der Waals surface area contributed by atoms with E-state index in [0.717, 1.165) is 31.5 Å². The summed E-state index contributed by atoms with van der Waals surface area (Å²) in [5.74, 6) is -0.0425. The Morgan fingerprint density at radius 1 is 1.32 bits per heavy atom. The third kappa shape index (κ3) is 5.01. The van der Waals surface area contributed by atoms with Crippen LogP contribution >= 0.6 is 0 Å². The largest absolute Gasteiger partial charge is 0.368 e. The first kappa shape index (κ1) is 14.0. The molecule has 0 spiro atoms. The minimum absolute atomic E-state index is 0.0425. The summed E-state index contributed by atoms with van der Waals surface area (Å²) in [5, 5.41) is 6.15. The Kier molecular flexibility index (Phi) is 5.36. The zero-order valence-electron chi connectivity index (χ0n) is 11.4. The van der Waals surface area contributed by atoms with Crippen LogP contribution in [0.25, 0.3) is 0 Å². The molecule has 4 heteroatoms. The third-order valence-corrected chi connectivity index (χ3v) is 3.35. The van der Waals surface area contributed by atoms with Crippen LogP contribution in [0.5, 0.6) is 0 Å². The Hall–Kier alpha value is -1.39. The highest BCUT2D eigenvalue weighted by Gasteiger charge is 2.14. The van der Waals surface area contributed by atoms with Crippen LogP contribution in [0.3, 0.4) is 0 Å². The van der Waals surface area contributed by atoms with E-state index in [1.54, 1.807) is 0 Å². The smallest absolute Gasteiger partial charge is 0.246 e. The fraction of sp³-hybridized carbons (Fsp3) is 0.533. The Bertz CT molecular complexity index is 397. The predicted molar refractivity (Wildman–Crippen MR) is 74.9 cm³/mol. The normalized spacial score (nSPS) is 16.3. The molecule has 1 aromatic rings. The van der Waals surface area contributed by atoms with Crippen molar-refractivity contribution in [3.8, 4) is 0 Å². The van der Waals surface area contributed by atoms with Crippen molar-refractivity contribution in [2.24, 2.45) is 0 Å². The van der Waals surface area contributed by atoms with E-state index in [-0.39, 0.29) is 18.6 Å². The average molecular weight is 262 g/mol. The summed E-state index contributed by atoms with van der Waals surface area (Å²) in [5.41, 5.74) is 2.34. The van der Waals surface area contributed by atoms with E-state index < -0.39 is 0 Å². The summed E-state index contributed by atoms with van der Waals surface area (Å²) in [4.78, 5) is 11.7. The van der Waals surface area contributed by atoms with Gasteiger partial charge in [-0.15, -0.1) is 0 Å². The lowest BCUT2D eigenvalue weighted by atomic mass is 10.1. The highest BCUT2D eigenvalue weighted by atomic mass is 16.5. The Balaban J connectivity index is 1.65. The number of carbonyl (C=O) groups excluding carboxylic acids is 1. The zero-order valence-corrected chi connectivity index (χ0v) is 11.4. The molecular weight excluding hydrogens is 240 g/mol. The van der Waals surface area contributed by atoms with Gasteiger partial charge in [-0.05, 0) is 38.4 Å². The van der Waals surface area contributed by atoms with Crippen molar-refractivity contribution in [2.45, 2.75) is 32.4 Å². The first-order valence-corrected chi connectivity index (χ1v) is 6.88. The molecule has 1 aliphatic heterocycles. The average Bonchev–Trinajstić information content (AvgIpc) is 2.45. The summed E-state index contributed by atoms with van der Waals surface area (Å²) in [6.07, 6.45) is 2.21. The maximum atomic E-state index is 11.7. The molecule has 0 saturated carbocycles. The van der Waals surface area contributed by atoms with Gasteiger partial charge in [0.1, 0.15) is 6.61 Å². The molecule has 0 atom stereocenters. The highest BCUT2D eigenvalue weighted by Crippen LogP contribution is 2.06. The molecule has 1 saturated heterocycles. The van der Waals surface area contributed by atoms with Crippen molar-refractivity contribution >= 4 is 5.91 Å². The Morgan fingerprint density at radius 3 is 2.68 bits per heavy atom. The Morgan fingerprint density at radius 2 is 2.00 bits per heavy atom. The van der Waals surface area contributed by atoms with Gasteiger partial charge in [0.2, 0.25) is 5.91 Å². The van der Waals surface area contributed by atoms with E-state index in [1.165, 1.54) is 5.56 Å². The van der Waals surface area contributed by atoms with Gasteiger partial charge in [-0.3, -0.25) is 4.79 Å². The lowest BCUT2D eigenvalue weighted by Crippen LogP contribution is -2.35. The molecule has 0 aliphatic carbocycles. The van der Waals surface area contributed by atoms with Crippen LogP contribution in [-0.4, -0.2) is 31.7 Å². The number of ether oxygens (including phenoxy) is 1. The van der Waals surface area contributed by atoms with Gasteiger partial charge in [-0.2, -0.15) is 0 Å². The summed E-state index contributed by atoms with van der Waals surface area (Å²) < 4.78 is 5.60. The van der Waals surface area contributed by atoms with Gasteiger partial charge in [-0.1, -0.05) is 29.8 Å². The molecule has 1 fully saturated rings. The van der Waals surface area contributed by atoms with Gasteiger partial charge in [0.05, 0.1) is 6.10 Å². The van der Waals surface area contributed by atoms with Gasteiger partial charge in [0, 0.05) is 6.54 Å². The van der Waals surface area contributed by atoms with Crippen LogP contribution in [0.2, 0.25) is 0 Å². The maximum Gasteiger partial charge on any atom is 0.246 e. The monoisotopic (exact) mass is 262 g/mol. The number of hydrogen-bond acceptors (Lipinski definition) is 3. The number of aryl methyl sites for hydroxylation is 1. The number of carbonyl (C=O) groups is 1. The molecule has 0 aromatic heterocycles. The van der Waals surface area contributed by atoms with Gasteiger partial charge >= 0.3 is 0 Å². The summed E-state index contributed by atoms with van der Waals surface area (Å²) in [6.45, 7) is 4.74. The molecule has 19 heavy (non-hydrogen) atoms. The molecular formula is C15H22N2O2. The molecule has 2 N–H and O–H groups in total. The van der Waals surface area contributed by atoms with Crippen molar-refractivity contribution in [3.05, 3.63) is 35.4 Å². The number of benzene rings is 1. The molecule has 2 rings (SSSR count). The highest BCUT2D eigenvalue weighted by molar-refractivity contribution is 5.77. The molecule has 1 aromatic carbocycles. The fourth-order valence-electron chi connectivity index (χ4n) is 2.11. The predicted octanol–water partition coefficient (Wildman–Crippen LogP) is 1.38. The van der Waals surface area contributed by atoms with Crippen molar-refractivity contribution in [3.63, 3.8) is 0 Å². The summed E-state index contributed by atoms with van der Waals surface area (Å²) in [7, 11) is 0. The second kappa shape index (κ2) is 7.26. The third-order valence-electron chi connectivity index (χ3n) is 3.35. The van der Waals surface area contributed by atoms with Crippen molar-refractivity contribution in [2.75, 3.05) is 19.7 Å². The van der Waals surface area contributed by atoms with Crippen molar-refractivity contribution in [1.82, 2.24) is 10.6 Å². The Labute approximate surface area is 114 Å². The second-order valence-electron chi connectivity index (χ2n) is 5.02. The van der Waals surface area contributed by atoms with Crippen LogP contribution in [0, 0.1) is 6.92 Å². The summed E-state index contributed by atoms with van der Waals surface area (Å²) in [6, 6.07) is 8.16. The summed E-state index contributed by atoms with van der Waals surface area (Å²) >= 11 is 0. The topological polar surface area (TPSA) is 50.4 Å². The lowest BCUT2D eigenvalue weighted by Gasteiger charge is -2.22. The van der Waals surface area contributed by atoms with Crippen molar-refractivity contribution in [1.29, 1.82) is 0 Å². The van der Waals surface area contributed by atoms with Crippen molar-refractivity contribution < 1.29 is 9.53 Å². The number of nitrogens with one attached hydrogen (secondary N) is 2. The van der Waals surface area contributed by atoms with Gasteiger partial charge in [-0.25, -0.2) is 0 Å². The second-order valence-corrected chi connectivity index (χ2v) is 5.02. The number of amides is 1. The van der Waals surface area contributed by atoms with E-state index in [4.69, 9.17) is 4.74 Å². The first-order valence-electron chi connectivity index (χ1n) is 6.88. The first-order chi connectivity index (χ1) is 9.24. The van der Waals surface area contributed by atoms with Crippen LogP contribution in [0.15, 0.2) is 24.3 Å². The van der Waals surface area contributed by atoms with E-state index >= 15 is 0 Å². The maximum absolute atomic E-state index is 11.7. The minimum Gasteiger partial charge on any atom is -0.368 e. The van der Waals surface area contributed by atoms with Gasteiger partial charge in [0.25, 0.3) is 0 Å². The van der Waals surface area contributed by atoms with E-state index in [9.17, 15) is 4.79 Å². The fourth-order valence-corrected chi connectivity index (χ4v) is 2.11. The van der Waals surface area contributed by atoms with E-state index in [2.05, 4.69) is 17.6 Å². The number of hydrogen-bond donors (Lipinski definition) is 2. The number of rotatable bonds is 5. The standard InChI is InChI=1S/C15H22N2O2/c1-12-2-4-13(5-3-12)10-17-15(18)11-19-14-6-8-16-9-7-14/h2-5,14,16H,6-11H2,1H3,(H,17,18). The van der Waals surface area contributed by atoms with E-state index in [0.29, 0.717) is 6.54 Å². The molecule has 4 nitrogen and oxygen atoms in total.